The van der Waals surface area contributed by atoms with Crippen molar-refractivity contribution in [3.63, 3.8) is 0 Å². The highest BCUT2D eigenvalue weighted by atomic mass is 79.9. The van der Waals surface area contributed by atoms with Crippen molar-refractivity contribution in [2.75, 3.05) is 0 Å². The minimum absolute atomic E-state index is 0.313. The van der Waals surface area contributed by atoms with E-state index >= 15 is 0 Å². The Morgan fingerprint density at radius 2 is 2.36 bits per heavy atom. The van der Waals surface area contributed by atoms with E-state index in [1.165, 1.54) is 6.07 Å². The molecule has 0 saturated heterocycles. The molecule has 1 rings (SSSR count). The summed E-state index contributed by atoms with van der Waals surface area (Å²) in [6.45, 7) is 0. The maximum atomic E-state index is 10.6. The summed E-state index contributed by atoms with van der Waals surface area (Å²) in [6.07, 6.45) is 0. The first kappa shape index (κ1) is 8.69. The Balaban J connectivity index is 3.09. The van der Waals surface area contributed by atoms with Crippen LogP contribution >= 0.6 is 15.9 Å². The Morgan fingerprint density at radius 1 is 1.73 bits per heavy atom. The third kappa shape index (κ3) is 2.01. The van der Waals surface area contributed by atoms with E-state index < -0.39 is 10.0 Å². The first-order valence-corrected chi connectivity index (χ1v) is 5.25. The Kier molecular flexibility index (Phi) is 2.31. The van der Waals surface area contributed by atoms with Gasteiger partial charge in [-0.1, -0.05) is 21.1 Å². The maximum Gasteiger partial charge on any atom is 0.274 e. The molecule has 5 nitrogen and oxygen atoms in total. The fourth-order valence-corrected chi connectivity index (χ4v) is 1.20. The summed E-state index contributed by atoms with van der Waals surface area (Å²) in [6, 6.07) is 1.27. The van der Waals surface area contributed by atoms with Crippen LogP contribution in [-0.4, -0.2) is 13.6 Å². The van der Waals surface area contributed by atoms with Gasteiger partial charge in [0.1, 0.15) is 0 Å². The third-order valence-electron chi connectivity index (χ3n) is 0.955. The number of rotatable bonds is 2. The summed E-state index contributed by atoms with van der Waals surface area (Å²) >= 11 is 3.08. The summed E-state index contributed by atoms with van der Waals surface area (Å²) in [5.41, 5.74) is 0.494. The number of hydrogen-bond acceptors (Lipinski definition) is 4. The van der Waals surface area contributed by atoms with E-state index in [1.54, 1.807) is 0 Å². The van der Waals surface area contributed by atoms with Gasteiger partial charge in [-0.05, 0) is 0 Å². The van der Waals surface area contributed by atoms with Crippen molar-refractivity contribution in [1.29, 1.82) is 0 Å². The molecule has 1 aromatic heterocycles. The largest absolute Gasteiger partial charge is 0.343 e. The molecule has 1 aromatic rings. The lowest BCUT2D eigenvalue weighted by molar-refractivity contribution is 0.336. The zero-order chi connectivity index (χ0) is 8.48. The van der Waals surface area contributed by atoms with Crippen LogP contribution in [-0.2, 0) is 15.4 Å². The molecule has 1 heterocycles. The summed E-state index contributed by atoms with van der Waals surface area (Å²) < 4.78 is 25.6. The maximum absolute atomic E-state index is 10.6. The van der Waals surface area contributed by atoms with Crippen molar-refractivity contribution in [1.82, 2.24) is 5.16 Å². The van der Waals surface area contributed by atoms with Crippen molar-refractivity contribution in [3.8, 4) is 0 Å². The van der Waals surface area contributed by atoms with E-state index in [-0.39, 0.29) is 5.09 Å². The van der Waals surface area contributed by atoms with Crippen LogP contribution in [0.25, 0.3) is 0 Å². The normalized spacial score (nSPS) is 11.8. The summed E-state index contributed by atoms with van der Waals surface area (Å²) in [5, 5.41) is 8.29. The quantitative estimate of drug-likeness (QED) is 0.750. The molecule has 2 N–H and O–H groups in total. The monoisotopic (exact) mass is 240 g/mol. The molecule has 0 bridgehead atoms. The molecule has 0 unspecified atom stereocenters. The molecule has 7 heteroatoms. The first-order valence-electron chi connectivity index (χ1n) is 2.58. The minimum Gasteiger partial charge on any atom is -0.343 e. The lowest BCUT2D eigenvalue weighted by atomic mass is 10.5. The van der Waals surface area contributed by atoms with Gasteiger partial charge in [0.25, 0.3) is 15.1 Å². The van der Waals surface area contributed by atoms with Gasteiger partial charge < -0.3 is 4.52 Å². The highest BCUT2D eigenvalue weighted by molar-refractivity contribution is 9.08. The predicted molar refractivity (Wildman–Crippen MR) is 40.5 cm³/mol. The van der Waals surface area contributed by atoms with Gasteiger partial charge in [0.15, 0.2) is 0 Å². The molecule has 0 aliphatic rings. The molecular formula is C4H5BrN2O3S. The van der Waals surface area contributed by atoms with Crippen LogP contribution in [0.2, 0.25) is 0 Å². The molecule has 0 aromatic carbocycles. The fraction of sp³-hybridized carbons (Fsp3) is 0.250. The number of sulfonamides is 1. The van der Waals surface area contributed by atoms with Gasteiger partial charge in [0.05, 0.1) is 5.69 Å². The molecule has 0 saturated carbocycles. The number of nitrogens with two attached hydrogens (primary N) is 1. The number of aromatic nitrogens is 1. The number of hydrogen-bond donors (Lipinski definition) is 1. The number of halogens is 1. The van der Waals surface area contributed by atoms with Gasteiger partial charge in [-0.2, -0.15) is 0 Å². The van der Waals surface area contributed by atoms with Crippen molar-refractivity contribution < 1.29 is 12.9 Å². The Morgan fingerprint density at radius 3 is 2.64 bits per heavy atom. The fourth-order valence-electron chi connectivity index (χ4n) is 0.489. The van der Waals surface area contributed by atoms with Crippen LogP contribution < -0.4 is 5.14 Å². The van der Waals surface area contributed by atoms with Crippen LogP contribution in [0.3, 0.4) is 0 Å². The second-order valence-corrected chi connectivity index (χ2v) is 3.87. The van der Waals surface area contributed by atoms with E-state index in [4.69, 9.17) is 5.14 Å². The van der Waals surface area contributed by atoms with Gasteiger partial charge in [-0.15, -0.1) is 0 Å². The molecule has 0 amide bonds. The number of nitrogens with zero attached hydrogens (tertiary/aromatic N) is 1. The Hall–Kier alpha value is -0.400. The van der Waals surface area contributed by atoms with E-state index in [1.807, 2.05) is 0 Å². The Labute approximate surface area is 71.7 Å². The second kappa shape index (κ2) is 2.92. The first-order chi connectivity index (χ1) is 5.04. The van der Waals surface area contributed by atoms with Gasteiger partial charge in [0, 0.05) is 11.4 Å². The molecule has 11 heavy (non-hydrogen) atoms. The summed E-state index contributed by atoms with van der Waals surface area (Å²) in [7, 11) is -3.74. The molecule has 0 aliphatic heterocycles. The van der Waals surface area contributed by atoms with Crippen LogP contribution in [0.1, 0.15) is 5.69 Å². The molecule has 0 spiro atoms. The van der Waals surface area contributed by atoms with E-state index in [2.05, 4.69) is 25.6 Å². The van der Waals surface area contributed by atoms with Gasteiger partial charge in [0.2, 0.25) is 0 Å². The van der Waals surface area contributed by atoms with Gasteiger partial charge >= 0.3 is 0 Å². The zero-order valence-electron chi connectivity index (χ0n) is 5.32. The topological polar surface area (TPSA) is 86.2 Å². The SMILES string of the molecule is NS(=O)(=O)c1cc(CBr)no1. The minimum atomic E-state index is -3.74. The van der Waals surface area contributed by atoms with Crippen molar-refractivity contribution in [2.24, 2.45) is 5.14 Å². The average Bonchev–Trinajstić information content (AvgIpc) is 2.32. The Bertz CT molecular complexity index is 344. The molecule has 62 valence electrons. The molecule has 0 aliphatic carbocycles. The predicted octanol–water partition coefficient (Wildman–Crippen LogP) is 0.217. The zero-order valence-corrected chi connectivity index (χ0v) is 7.72. The molecular weight excluding hydrogens is 236 g/mol. The highest BCUT2D eigenvalue weighted by Crippen LogP contribution is 2.10. The van der Waals surface area contributed by atoms with E-state index in [0.717, 1.165) is 0 Å². The van der Waals surface area contributed by atoms with Gasteiger partial charge in [-0.25, -0.2) is 13.6 Å². The van der Waals surface area contributed by atoms with Crippen LogP contribution in [0.15, 0.2) is 15.7 Å². The summed E-state index contributed by atoms with van der Waals surface area (Å²) in [5.74, 6) is 0. The third-order valence-corrected chi connectivity index (χ3v) is 2.28. The average molecular weight is 241 g/mol. The van der Waals surface area contributed by atoms with Gasteiger partial charge in [-0.3, -0.25) is 0 Å². The standard InChI is InChI=1S/C4H5BrN2O3S/c5-2-3-1-4(10-7-3)11(6,8)9/h1H,2H2,(H2,6,8,9). The number of alkyl halides is 1. The van der Waals surface area contributed by atoms with Crippen molar-refractivity contribution >= 4 is 26.0 Å². The van der Waals surface area contributed by atoms with Crippen molar-refractivity contribution in [2.45, 2.75) is 10.4 Å². The number of primary sulfonamides is 1. The lowest BCUT2D eigenvalue weighted by Crippen LogP contribution is -2.10. The molecule has 0 fully saturated rings. The highest BCUT2D eigenvalue weighted by Gasteiger charge is 2.13. The van der Waals surface area contributed by atoms with Crippen LogP contribution in [0.4, 0.5) is 0 Å². The molecule has 0 radical (unpaired) electrons. The van der Waals surface area contributed by atoms with Crippen LogP contribution in [0.5, 0.6) is 0 Å². The summed E-state index contributed by atoms with van der Waals surface area (Å²) in [4.78, 5) is 0. The van der Waals surface area contributed by atoms with Crippen molar-refractivity contribution in [3.05, 3.63) is 11.8 Å². The lowest BCUT2D eigenvalue weighted by Gasteiger charge is -1.84. The molecule has 0 atom stereocenters. The second-order valence-electron chi connectivity index (χ2n) is 1.82. The van der Waals surface area contributed by atoms with Crippen LogP contribution in [0, 0.1) is 0 Å². The van der Waals surface area contributed by atoms with E-state index in [9.17, 15) is 8.42 Å². The van der Waals surface area contributed by atoms with E-state index in [0.29, 0.717) is 11.0 Å². The smallest absolute Gasteiger partial charge is 0.274 e.